The van der Waals surface area contributed by atoms with Crippen molar-refractivity contribution in [1.82, 2.24) is 10.4 Å². The van der Waals surface area contributed by atoms with E-state index < -0.39 is 0 Å². The van der Waals surface area contributed by atoms with Gasteiger partial charge in [-0.3, -0.25) is 9.80 Å². The smallest absolute Gasteiger partial charge is 0.239 e. The molecule has 1 amide bonds. The molecule has 1 saturated carbocycles. The molecule has 0 unspecified atom stereocenters. The Labute approximate surface area is 66.7 Å². The minimum absolute atomic E-state index is 0.324. The van der Waals surface area contributed by atoms with Crippen LogP contribution >= 0.6 is 0 Å². The molecule has 2 rings (SSSR count). The number of hydrogen-bond acceptors (Lipinski definition) is 2. The minimum atomic E-state index is 0.324. The number of rotatable bonds is 1. The second kappa shape index (κ2) is 2.81. The van der Waals surface area contributed by atoms with Crippen LogP contribution in [0.1, 0.15) is 25.7 Å². The van der Waals surface area contributed by atoms with Crippen LogP contribution < -0.4 is 5.43 Å². The van der Waals surface area contributed by atoms with Crippen molar-refractivity contribution < 1.29 is 4.79 Å². The van der Waals surface area contributed by atoms with Crippen molar-refractivity contribution in [2.75, 3.05) is 13.1 Å². The fraction of sp³-hybridized carbons (Fsp3) is 0.875. The summed E-state index contributed by atoms with van der Waals surface area (Å²) in [6, 6.07) is 0. The van der Waals surface area contributed by atoms with Gasteiger partial charge in [0.25, 0.3) is 0 Å². The van der Waals surface area contributed by atoms with E-state index in [0.717, 1.165) is 32.4 Å². The van der Waals surface area contributed by atoms with Crippen molar-refractivity contribution in [2.45, 2.75) is 25.7 Å². The number of nitrogens with zero attached hydrogens (tertiary/aromatic N) is 1. The summed E-state index contributed by atoms with van der Waals surface area (Å²) in [5, 5.41) is 1.81. The molecule has 11 heavy (non-hydrogen) atoms. The lowest BCUT2D eigenvalue weighted by molar-refractivity contribution is -0.136. The first-order chi connectivity index (χ1) is 5.38. The largest absolute Gasteiger partial charge is 0.278 e. The highest BCUT2D eigenvalue weighted by Crippen LogP contribution is 2.30. The van der Waals surface area contributed by atoms with Crippen molar-refractivity contribution >= 4 is 5.91 Å². The molecule has 0 atom stereocenters. The second-order valence-electron chi connectivity index (χ2n) is 3.38. The van der Waals surface area contributed by atoms with Gasteiger partial charge in [-0.25, -0.2) is 5.43 Å². The van der Waals surface area contributed by atoms with Crippen LogP contribution in [0.2, 0.25) is 0 Å². The summed E-state index contributed by atoms with van der Waals surface area (Å²) in [5.41, 5.74) is 3.12. The third kappa shape index (κ3) is 1.53. The van der Waals surface area contributed by atoms with Crippen LogP contribution in [-0.4, -0.2) is 24.0 Å². The number of carbonyl (C=O) groups is 1. The highest BCUT2D eigenvalue weighted by atomic mass is 16.2. The first kappa shape index (κ1) is 7.10. The van der Waals surface area contributed by atoms with Crippen LogP contribution in [0.4, 0.5) is 0 Å². The molecule has 0 aromatic rings. The van der Waals surface area contributed by atoms with E-state index in [0.29, 0.717) is 11.8 Å². The van der Waals surface area contributed by atoms with Crippen LogP contribution in [0.25, 0.3) is 0 Å². The number of hydrazine groups is 1. The molecule has 1 saturated heterocycles. The lowest BCUT2D eigenvalue weighted by Crippen LogP contribution is -2.47. The second-order valence-corrected chi connectivity index (χ2v) is 3.38. The number of nitrogens with one attached hydrogen (secondary N) is 1. The summed E-state index contributed by atoms with van der Waals surface area (Å²) in [5.74, 6) is 0.685. The van der Waals surface area contributed by atoms with Crippen molar-refractivity contribution in [2.24, 2.45) is 5.92 Å². The molecule has 62 valence electrons. The molecule has 0 bridgehead atoms. The van der Waals surface area contributed by atoms with Crippen LogP contribution in [0, 0.1) is 5.92 Å². The van der Waals surface area contributed by atoms with Gasteiger partial charge in [0.05, 0.1) is 0 Å². The fourth-order valence-corrected chi connectivity index (χ4v) is 1.43. The summed E-state index contributed by atoms with van der Waals surface area (Å²) in [6.45, 7) is 1.88. The predicted molar refractivity (Wildman–Crippen MR) is 41.7 cm³/mol. The van der Waals surface area contributed by atoms with Gasteiger partial charge in [-0.1, -0.05) is 0 Å². The Hall–Kier alpha value is -0.570. The molecule has 1 heterocycles. The summed E-state index contributed by atoms with van der Waals surface area (Å²) < 4.78 is 0. The van der Waals surface area contributed by atoms with E-state index in [1.54, 1.807) is 5.01 Å². The first-order valence-corrected chi connectivity index (χ1v) is 4.43. The van der Waals surface area contributed by atoms with Crippen LogP contribution in [0.15, 0.2) is 0 Å². The van der Waals surface area contributed by atoms with Gasteiger partial charge in [-0.15, -0.1) is 0 Å². The van der Waals surface area contributed by atoms with Crippen molar-refractivity contribution in [3.05, 3.63) is 0 Å². The SMILES string of the molecule is O=C(C1CC1)N1CCCCN1. The number of carbonyl (C=O) groups excluding carboxylic acids is 1. The molecule has 1 aliphatic heterocycles. The van der Waals surface area contributed by atoms with E-state index in [4.69, 9.17) is 0 Å². The van der Waals surface area contributed by atoms with Gasteiger partial charge in [0.1, 0.15) is 0 Å². The Bertz CT molecular complexity index is 159. The monoisotopic (exact) mass is 154 g/mol. The standard InChI is InChI=1S/C8H14N2O/c11-8(7-3-4-7)10-6-2-1-5-9-10/h7,9H,1-6H2. The van der Waals surface area contributed by atoms with Crippen LogP contribution in [0.3, 0.4) is 0 Å². The van der Waals surface area contributed by atoms with Crippen LogP contribution in [-0.2, 0) is 4.79 Å². The highest BCUT2D eigenvalue weighted by Gasteiger charge is 2.33. The van der Waals surface area contributed by atoms with Gasteiger partial charge >= 0.3 is 0 Å². The third-order valence-electron chi connectivity index (χ3n) is 2.30. The lowest BCUT2D eigenvalue weighted by atomic mass is 10.2. The highest BCUT2D eigenvalue weighted by molar-refractivity contribution is 5.80. The van der Waals surface area contributed by atoms with E-state index in [1.165, 1.54) is 6.42 Å². The molecule has 3 nitrogen and oxygen atoms in total. The Morgan fingerprint density at radius 1 is 1.36 bits per heavy atom. The molecule has 0 radical (unpaired) electrons. The molecule has 1 N–H and O–H groups in total. The van der Waals surface area contributed by atoms with Gasteiger partial charge < -0.3 is 0 Å². The maximum Gasteiger partial charge on any atom is 0.239 e. The average molecular weight is 154 g/mol. The fourth-order valence-electron chi connectivity index (χ4n) is 1.43. The number of hydrogen-bond donors (Lipinski definition) is 1. The Kier molecular flexibility index (Phi) is 1.82. The van der Waals surface area contributed by atoms with E-state index in [2.05, 4.69) is 5.43 Å². The molecule has 3 heteroatoms. The molecule has 0 spiro atoms. The summed E-state index contributed by atoms with van der Waals surface area (Å²) in [4.78, 5) is 11.4. The number of amides is 1. The maximum atomic E-state index is 11.4. The molecule has 2 fully saturated rings. The van der Waals surface area contributed by atoms with Crippen molar-refractivity contribution in [3.8, 4) is 0 Å². The molecule has 0 aromatic heterocycles. The van der Waals surface area contributed by atoms with Gasteiger partial charge in [0.2, 0.25) is 5.91 Å². The Morgan fingerprint density at radius 2 is 2.18 bits per heavy atom. The summed E-state index contributed by atoms with van der Waals surface area (Å²) in [7, 11) is 0. The summed E-state index contributed by atoms with van der Waals surface area (Å²) >= 11 is 0. The van der Waals surface area contributed by atoms with E-state index in [9.17, 15) is 4.79 Å². The van der Waals surface area contributed by atoms with Gasteiger partial charge in [-0.05, 0) is 25.7 Å². The van der Waals surface area contributed by atoms with Gasteiger partial charge in [0.15, 0.2) is 0 Å². The van der Waals surface area contributed by atoms with Crippen LogP contribution in [0.5, 0.6) is 0 Å². The molecule has 2 aliphatic rings. The zero-order valence-corrected chi connectivity index (χ0v) is 6.68. The maximum absolute atomic E-state index is 11.4. The van der Waals surface area contributed by atoms with E-state index >= 15 is 0 Å². The molecular formula is C8H14N2O. The first-order valence-electron chi connectivity index (χ1n) is 4.43. The quantitative estimate of drug-likeness (QED) is 0.597. The molecule has 0 aromatic carbocycles. The van der Waals surface area contributed by atoms with Gasteiger partial charge in [-0.2, -0.15) is 0 Å². The predicted octanol–water partition coefficient (Wildman–Crippen LogP) is 0.523. The average Bonchev–Trinajstić information content (AvgIpc) is 2.87. The molecule has 1 aliphatic carbocycles. The lowest BCUT2D eigenvalue weighted by Gasteiger charge is -2.27. The van der Waals surface area contributed by atoms with Crippen molar-refractivity contribution in [1.29, 1.82) is 0 Å². The van der Waals surface area contributed by atoms with E-state index in [1.807, 2.05) is 0 Å². The van der Waals surface area contributed by atoms with E-state index in [-0.39, 0.29) is 0 Å². The topological polar surface area (TPSA) is 32.3 Å². The Morgan fingerprint density at radius 3 is 2.73 bits per heavy atom. The normalized spacial score (nSPS) is 25.3. The molecular weight excluding hydrogens is 140 g/mol. The van der Waals surface area contributed by atoms with Gasteiger partial charge in [0, 0.05) is 19.0 Å². The zero-order chi connectivity index (χ0) is 7.68. The third-order valence-corrected chi connectivity index (χ3v) is 2.30. The zero-order valence-electron chi connectivity index (χ0n) is 6.68. The van der Waals surface area contributed by atoms with Crippen molar-refractivity contribution in [3.63, 3.8) is 0 Å². The Balaban J connectivity index is 1.86. The minimum Gasteiger partial charge on any atom is -0.278 e. The summed E-state index contributed by atoms with van der Waals surface area (Å²) in [6.07, 6.45) is 4.58.